The molecule has 1 aliphatic heterocycles. The van der Waals surface area contributed by atoms with E-state index in [1.165, 1.54) is 16.7 Å². The van der Waals surface area contributed by atoms with E-state index in [-0.39, 0.29) is 11.9 Å². The third-order valence-corrected chi connectivity index (χ3v) is 5.52. The molecule has 1 aromatic heterocycles. The molecule has 0 aromatic carbocycles. The van der Waals surface area contributed by atoms with Crippen LogP contribution in [0.1, 0.15) is 44.6 Å². The molecule has 3 amide bonds. The molecule has 1 aromatic rings. The van der Waals surface area contributed by atoms with Crippen LogP contribution in [0.4, 0.5) is 4.79 Å². The van der Waals surface area contributed by atoms with Gasteiger partial charge in [-0.3, -0.25) is 9.69 Å². The van der Waals surface area contributed by atoms with Crippen LogP contribution in [0, 0.1) is 0 Å². The van der Waals surface area contributed by atoms with Gasteiger partial charge in [-0.2, -0.15) is 0 Å². The maximum atomic E-state index is 12.5. The summed E-state index contributed by atoms with van der Waals surface area (Å²) in [5.74, 6) is 0.555. The van der Waals surface area contributed by atoms with Gasteiger partial charge in [0, 0.05) is 12.3 Å². The summed E-state index contributed by atoms with van der Waals surface area (Å²) < 4.78 is 1.84. The van der Waals surface area contributed by atoms with Crippen molar-refractivity contribution in [3.63, 3.8) is 0 Å². The summed E-state index contributed by atoms with van der Waals surface area (Å²) in [7, 11) is 0. The van der Waals surface area contributed by atoms with Gasteiger partial charge in [0.05, 0.1) is 6.04 Å². The number of thioether (sulfide) groups is 1. The third kappa shape index (κ3) is 2.27. The van der Waals surface area contributed by atoms with E-state index >= 15 is 0 Å². The van der Waals surface area contributed by atoms with Crippen LogP contribution in [0.25, 0.3) is 0 Å². The highest BCUT2D eigenvalue weighted by Gasteiger charge is 2.52. The molecule has 0 bridgehead atoms. The van der Waals surface area contributed by atoms with E-state index in [1.54, 1.807) is 0 Å². The van der Waals surface area contributed by atoms with Gasteiger partial charge in [-0.15, -0.1) is 5.10 Å². The predicted molar refractivity (Wildman–Crippen MR) is 78.3 cm³/mol. The monoisotopic (exact) mass is 322 g/mol. The largest absolute Gasteiger partial charge is 0.325 e. The first-order valence-electron chi connectivity index (χ1n) is 7.74. The summed E-state index contributed by atoms with van der Waals surface area (Å²) in [4.78, 5) is 25.9. The Morgan fingerprint density at radius 1 is 1.27 bits per heavy atom. The highest BCUT2D eigenvalue weighted by molar-refractivity contribution is 7.99. The summed E-state index contributed by atoms with van der Waals surface area (Å²) in [6.45, 7) is 0.397. The average molecular weight is 322 g/mol. The summed E-state index contributed by atoms with van der Waals surface area (Å²) in [5, 5.41) is 15.4. The fourth-order valence-electron chi connectivity index (χ4n) is 3.25. The molecule has 0 radical (unpaired) electrons. The van der Waals surface area contributed by atoms with Crippen molar-refractivity contribution in [3.05, 3.63) is 0 Å². The SMILES string of the molecule is O=C1NC2(CCCC2)C(=O)N1CCSc1nnnn1C1CC1. The van der Waals surface area contributed by atoms with Gasteiger partial charge in [0.1, 0.15) is 5.54 Å². The lowest BCUT2D eigenvalue weighted by atomic mass is 9.98. The summed E-state index contributed by atoms with van der Waals surface area (Å²) >= 11 is 1.50. The summed E-state index contributed by atoms with van der Waals surface area (Å²) in [6, 6.07) is 0.172. The molecule has 3 aliphatic rings. The number of nitrogens with one attached hydrogen (secondary N) is 1. The van der Waals surface area contributed by atoms with E-state index < -0.39 is 5.54 Å². The second-order valence-electron chi connectivity index (χ2n) is 6.16. The number of imide groups is 1. The van der Waals surface area contributed by atoms with Crippen LogP contribution in [-0.4, -0.2) is 54.9 Å². The molecule has 22 heavy (non-hydrogen) atoms. The minimum Gasteiger partial charge on any atom is -0.323 e. The Kier molecular flexibility index (Phi) is 3.32. The Morgan fingerprint density at radius 2 is 2.05 bits per heavy atom. The molecule has 8 nitrogen and oxygen atoms in total. The topological polar surface area (TPSA) is 93.0 Å². The third-order valence-electron chi connectivity index (χ3n) is 4.60. The molecule has 1 spiro atoms. The van der Waals surface area contributed by atoms with E-state index in [1.807, 2.05) is 4.68 Å². The van der Waals surface area contributed by atoms with Crippen molar-refractivity contribution in [1.82, 2.24) is 30.4 Å². The number of tetrazole rings is 1. The second kappa shape index (κ2) is 5.22. The van der Waals surface area contributed by atoms with E-state index in [0.29, 0.717) is 18.3 Å². The minimum absolute atomic E-state index is 0.0580. The zero-order chi connectivity index (χ0) is 15.2. The van der Waals surface area contributed by atoms with Crippen molar-refractivity contribution in [1.29, 1.82) is 0 Å². The van der Waals surface area contributed by atoms with Gasteiger partial charge in [0.25, 0.3) is 5.91 Å². The number of hydrogen-bond donors (Lipinski definition) is 1. The van der Waals surface area contributed by atoms with Crippen molar-refractivity contribution in [2.45, 2.75) is 55.3 Å². The van der Waals surface area contributed by atoms with Gasteiger partial charge < -0.3 is 5.32 Å². The van der Waals surface area contributed by atoms with Crippen LogP contribution < -0.4 is 5.32 Å². The quantitative estimate of drug-likeness (QED) is 0.641. The molecule has 3 fully saturated rings. The molecule has 2 heterocycles. The van der Waals surface area contributed by atoms with Crippen molar-refractivity contribution in [2.75, 3.05) is 12.3 Å². The van der Waals surface area contributed by atoms with E-state index in [2.05, 4.69) is 20.8 Å². The fourth-order valence-corrected chi connectivity index (χ4v) is 4.12. The molecule has 2 aliphatic carbocycles. The van der Waals surface area contributed by atoms with Crippen molar-refractivity contribution in [3.8, 4) is 0 Å². The average Bonchev–Trinajstić information content (AvgIpc) is 2.97. The van der Waals surface area contributed by atoms with E-state index in [0.717, 1.165) is 43.7 Å². The number of urea groups is 1. The van der Waals surface area contributed by atoms with Gasteiger partial charge >= 0.3 is 6.03 Å². The number of aromatic nitrogens is 4. The fraction of sp³-hybridized carbons (Fsp3) is 0.769. The summed E-state index contributed by atoms with van der Waals surface area (Å²) in [5.41, 5.74) is -0.614. The van der Waals surface area contributed by atoms with E-state index in [9.17, 15) is 9.59 Å². The first kappa shape index (κ1) is 14.0. The smallest absolute Gasteiger partial charge is 0.323 e. The second-order valence-corrected chi connectivity index (χ2v) is 7.22. The van der Waals surface area contributed by atoms with Gasteiger partial charge in [0.15, 0.2) is 0 Å². The summed E-state index contributed by atoms with van der Waals surface area (Å²) in [6.07, 6.45) is 5.78. The van der Waals surface area contributed by atoms with Crippen molar-refractivity contribution >= 4 is 23.7 Å². The molecule has 118 valence electrons. The Balaban J connectivity index is 1.36. The lowest BCUT2D eigenvalue weighted by Gasteiger charge is -2.19. The molecule has 0 unspecified atom stereocenters. The first-order valence-corrected chi connectivity index (χ1v) is 8.73. The van der Waals surface area contributed by atoms with Crippen LogP contribution in [0.2, 0.25) is 0 Å². The standard InChI is InChI=1S/C13H18N6O2S/c20-10-13(5-1-2-6-13)14-11(21)18(10)7-8-22-12-15-16-17-19(12)9-3-4-9/h9H,1-8H2,(H,14,21). The molecule has 2 saturated carbocycles. The molecule has 1 saturated heterocycles. The van der Waals surface area contributed by atoms with Crippen molar-refractivity contribution in [2.24, 2.45) is 0 Å². The number of carbonyl (C=O) groups excluding carboxylic acids is 2. The van der Waals surface area contributed by atoms with Crippen LogP contribution in [0.5, 0.6) is 0 Å². The van der Waals surface area contributed by atoms with Gasteiger partial charge in [-0.05, 0) is 36.1 Å². The Bertz CT molecular complexity index is 607. The first-order chi connectivity index (χ1) is 10.7. The molecule has 1 N–H and O–H groups in total. The minimum atomic E-state index is -0.614. The zero-order valence-electron chi connectivity index (χ0n) is 12.2. The maximum absolute atomic E-state index is 12.5. The number of carbonyl (C=O) groups is 2. The Hall–Kier alpha value is -1.64. The highest BCUT2D eigenvalue weighted by atomic mass is 32.2. The number of nitrogens with zero attached hydrogens (tertiary/aromatic N) is 5. The van der Waals surface area contributed by atoms with Crippen LogP contribution in [0.3, 0.4) is 0 Å². The van der Waals surface area contributed by atoms with Crippen LogP contribution in [0.15, 0.2) is 5.16 Å². The zero-order valence-corrected chi connectivity index (χ0v) is 13.0. The van der Waals surface area contributed by atoms with Gasteiger partial charge in [-0.1, -0.05) is 24.6 Å². The van der Waals surface area contributed by atoms with Gasteiger partial charge in [0.2, 0.25) is 5.16 Å². The number of hydrogen-bond acceptors (Lipinski definition) is 6. The number of amides is 3. The lowest BCUT2D eigenvalue weighted by molar-refractivity contribution is -0.130. The highest BCUT2D eigenvalue weighted by Crippen LogP contribution is 2.37. The molecule has 0 atom stereocenters. The predicted octanol–water partition coefficient (Wildman–Crippen LogP) is 0.965. The lowest BCUT2D eigenvalue weighted by Crippen LogP contribution is -2.44. The van der Waals surface area contributed by atoms with Crippen LogP contribution >= 0.6 is 11.8 Å². The molecule has 9 heteroatoms. The van der Waals surface area contributed by atoms with Gasteiger partial charge in [-0.25, -0.2) is 9.48 Å². The molecule has 4 rings (SSSR count). The maximum Gasteiger partial charge on any atom is 0.325 e. The molecular formula is C13H18N6O2S. The molecular weight excluding hydrogens is 304 g/mol. The van der Waals surface area contributed by atoms with Crippen LogP contribution in [-0.2, 0) is 4.79 Å². The Morgan fingerprint density at radius 3 is 2.77 bits per heavy atom. The number of rotatable bonds is 5. The Labute approximate surface area is 132 Å². The normalized spacial score (nSPS) is 23.5. The van der Waals surface area contributed by atoms with Crippen molar-refractivity contribution < 1.29 is 9.59 Å². The van der Waals surface area contributed by atoms with E-state index in [4.69, 9.17) is 0 Å².